The van der Waals surface area contributed by atoms with Crippen molar-refractivity contribution in [2.45, 2.75) is 46.1 Å². The summed E-state index contributed by atoms with van der Waals surface area (Å²) in [5.41, 5.74) is 0.400. The minimum atomic E-state index is -0.257. The summed E-state index contributed by atoms with van der Waals surface area (Å²) in [4.78, 5) is 28.2. The zero-order valence-electron chi connectivity index (χ0n) is 15.2. The number of carbonyl (C=O) groups is 2. The van der Waals surface area contributed by atoms with Crippen LogP contribution in [0.3, 0.4) is 0 Å². The third-order valence-electron chi connectivity index (χ3n) is 3.91. The zero-order valence-corrected chi connectivity index (χ0v) is 15.2. The molecule has 2 rings (SSSR count). The molecule has 1 aliphatic heterocycles. The van der Waals surface area contributed by atoms with Gasteiger partial charge in [-0.25, -0.2) is 0 Å². The van der Waals surface area contributed by atoms with Crippen molar-refractivity contribution in [3.05, 3.63) is 29.8 Å². The first-order valence-corrected chi connectivity index (χ1v) is 8.66. The Balaban J connectivity index is 1.92. The lowest BCUT2D eigenvalue weighted by Gasteiger charge is -2.35. The molecule has 0 aliphatic carbocycles. The predicted octanol–water partition coefficient (Wildman–Crippen LogP) is 2.95. The van der Waals surface area contributed by atoms with Gasteiger partial charge >= 0.3 is 0 Å². The Morgan fingerprint density at radius 1 is 1.00 bits per heavy atom. The zero-order chi connectivity index (χ0) is 17.7. The van der Waals surface area contributed by atoms with Gasteiger partial charge in [-0.05, 0) is 51.5 Å². The van der Waals surface area contributed by atoms with Crippen LogP contribution >= 0.6 is 0 Å². The van der Waals surface area contributed by atoms with E-state index in [9.17, 15) is 9.59 Å². The summed E-state index contributed by atoms with van der Waals surface area (Å²) in [6, 6.07) is 7.27. The van der Waals surface area contributed by atoms with Crippen molar-refractivity contribution in [1.29, 1.82) is 0 Å². The summed E-state index contributed by atoms with van der Waals surface area (Å²) in [5, 5.41) is 0. The van der Waals surface area contributed by atoms with Crippen LogP contribution < -0.4 is 4.74 Å². The fourth-order valence-corrected chi connectivity index (χ4v) is 2.73. The van der Waals surface area contributed by atoms with E-state index in [0.29, 0.717) is 38.2 Å². The van der Waals surface area contributed by atoms with Crippen LogP contribution in [0.5, 0.6) is 5.75 Å². The van der Waals surface area contributed by atoms with Gasteiger partial charge in [-0.2, -0.15) is 0 Å². The molecule has 1 heterocycles. The summed E-state index contributed by atoms with van der Waals surface area (Å²) in [5.74, 6) is 0.960. The first-order chi connectivity index (χ1) is 11.3. The molecule has 0 spiro atoms. The largest absolute Gasteiger partial charge is 0.488 e. The minimum absolute atomic E-state index is 0.0138. The molecule has 5 nitrogen and oxygen atoms in total. The third kappa shape index (κ3) is 4.98. The van der Waals surface area contributed by atoms with Crippen LogP contribution in [0.25, 0.3) is 0 Å². The maximum absolute atomic E-state index is 12.6. The van der Waals surface area contributed by atoms with Crippen molar-refractivity contribution in [2.24, 2.45) is 0 Å². The van der Waals surface area contributed by atoms with Crippen LogP contribution in [0.4, 0.5) is 0 Å². The van der Waals surface area contributed by atoms with E-state index in [0.717, 1.165) is 12.2 Å². The van der Waals surface area contributed by atoms with Gasteiger partial charge in [0.25, 0.3) is 5.91 Å². The first kappa shape index (κ1) is 18.3. The second-order valence-corrected chi connectivity index (χ2v) is 7.16. The molecule has 1 fully saturated rings. The Kier molecular flexibility index (Phi) is 5.86. The average Bonchev–Trinajstić information content (AvgIpc) is 2.54. The average molecular weight is 332 g/mol. The van der Waals surface area contributed by atoms with Crippen molar-refractivity contribution in [2.75, 3.05) is 26.2 Å². The van der Waals surface area contributed by atoms with E-state index in [1.54, 1.807) is 12.1 Å². The van der Waals surface area contributed by atoms with E-state index in [2.05, 4.69) is 0 Å². The summed E-state index contributed by atoms with van der Waals surface area (Å²) in [6.07, 6.45) is 1.45. The Labute approximate surface area is 144 Å². The fraction of sp³-hybridized carbons (Fsp3) is 0.579. The first-order valence-electron chi connectivity index (χ1n) is 8.66. The SMILES string of the molecule is CCCC(=O)N1CCN(C(=O)c2ccc(OC(C)(C)C)cc2)CC1. The molecule has 0 atom stereocenters. The number of amides is 2. The second kappa shape index (κ2) is 7.69. The summed E-state index contributed by atoms with van der Waals surface area (Å²) in [7, 11) is 0. The van der Waals surface area contributed by atoms with E-state index in [1.165, 1.54) is 0 Å². The quantitative estimate of drug-likeness (QED) is 0.852. The van der Waals surface area contributed by atoms with Gasteiger partial charge < -0.3 is 14.5 Å². The maximum atomic E-state index is 12.6. The summed E-state index contributed by atoms with van der Waals surface area (Å²) < 4.78 is 5.78. The molecule has 132 valence electrons. The van der Waals surface area contributed by atoms with Crippen molar-refractivity contribution in [3.8, 4) is 5.75 Å². The van der Waals surface area contributed by atoms with Gasteiger partial charge in [-0.15, -0.1) is 0 Å². The third-order valence-corrected chi connectivity index (χ3v) is 3.91. The lowest BCUT2D eigenvalue weighted by atomic mass is 10.1. The highest BCUT2D eigenvalue weighted by atomic mass is 16.5. The number of ether oxygens (including phenoxy) is 1. The van der Waals surface area contributed by atoms with Crippen LogP contribution in [-0.2, 0) is 4.79 Å². The van der Waals surface area contributed by atoms with Gasteiger partial charge in [0.1, 0.15) is 11.4 Å². The molecular formula is C19H28N2O3. The molecule has 2 amide bonds. The van der Waals surface area contributed by atoms with Gasteiger partial charge in [0.15, 0.2) is 0 Å². The number of benzene rings is 1. The van der Waals surface area contributed by atoms with Crippen LogP contribution in [-0.4, -0.2) is 53.4 Å². The van der Waals surface area contributed by atoms with Gasteiger partial charge in [0, 0.05) is 38.2 Å². The van der Waals surface area contributed by atoms with E-state index in [-0.39, 0.29) is 17.4 Å². The van der Waals surface area contributed by atoms with Gasteiger partial charge in [-0.1, -0.05) is 6.92 Å². The number of hydrogen-bond donors (Lipinski definition) is 0. The number of piperazine rings is 1. The lowest BCUT2D eigenvalue weighted by molar-refractivity contribution is -0.132. The Morgan fingerprint density at radius 2 is 1.54 bits per heavy atom. The number of carbonyl (C=O) groups excluding carboxylic acids is 2. The molecule has 0 radical (unpaired) electrons. The Hall–Kier alpha value is -2.04. The highest BCUT2D eigenvalue weighted by Crippen LogP contribution is 2.19. The number of hydrogen-bond acceptors (Lipinski definition) is 3. The monoisotopic (exact) mass is 332 g/mol. The molecule has 0 aromatic heterocycles. The molecule has 1 saturated heterocycles. The molecule has 1 aromatic carbocycles. The molecule has 5 heteroatoms. The normalized spacial score (nSPS) is 15.3. The minimum Gasteiger partial charge on any atom is -0.488 e. The topological polar surface area (TPSA) is 49.9 Å². The van der Waals surface area contributed by atoms with Gasteiger partial charge in [-0.3, -0.25) is 9.59 Å². The standard InChI is InChI=1S/C19H28N2O3/c1-5-6-17(22)20-11-13-21(14-12-20)18(23)15-7-9-16(10-8-15)24-19(2,3)4/h7-10H,5-6,11-14H2,1-4H3. The van der Waals surface area contributed by atoms with E-state index < -0.39 is 0 Å². The van der Waals surface area contributed by atoms with Crippen molar-refractivity contribution >= 4 is 11.8 Å². The molecule has 1 aromatic rings. The highest BCUT2D eigenvalue weighted by molar-refractivity contribution is 5.94. The van der Waals surface area contributed by atoms with Crippen LogP contribution in [0.2, 0.25) is 0 Å². The maximum Gasteiger partial charge on any atom is 0.253 e. The number of nitrogens with zero attached hydrogens (tertiary/aromatic N) is 2. The van der Waals surface area contributed by atoms with Crippen molar-refractivity contribution in [3.63, 3.8) is 0 Å². The van der Waals surface area contributed by atoms with Crippen molar-refractivity contribution < 1.29 is 14.3 Å². The fourth-order valence-electron chi connectivity index (χ4n) is 2.73. The Bertz CT molecular complexity index is 567. The molecular weight excluding hydrogens is 304 g/mol. The molecule has 0 saturated carbocycles. The summed E-state index contributed by atoms with van der Waals surface area (Å²) in [6.45, 7) is 10.4. The van der Waals surface area contributed by atoms with E-state index in [1.807, 2.05) is 49.6 Å². The van der Waals surface area contributed by atoms with E-state index in [4.69, 9.17) is 4.74 Å². The molecule has 24 heavy (non-hydrogen) atoms. The van der Waals surface area contributed by atoms with Crippen LogP contribution in [0.15, 0.2) is 24.3 Å². The van der Waals surface area contributed by atoms with Gasteiger partial charge in [0.2, 0.25) is 5.91 Å². The smallest absolute Gasteiger partial charge is 0.253 e. The van der Waals surface area contributed by atoms with Crippen LogP contribution in [0.1, 0.15) is 50.9 Å². The van der Waals surface area contributed by atoms with Crippen LogP contribution in [0, 0.1) is 0 Å². The molecule has 1 aliphatic rings. The van der Waals surface area contributed by atoms with E-state index >= 15 is 0 Å². The molecule has 0 bridgehead atoms. The second-order valence-electron chi connectivity index (χ2n) is 7.16. The van der Waals surface area contributed by atoms with Crippen molar-refractivity contribution in [1.82, 2.24) is 9.80 Å². The highest BCUT2D eigenvalue weighted by Gasteiger charge is 2.24. The number of rotatable bonds is 4. The molecule has 0 N–H and O–H groups in total. The van der Waals surface area contributed by atoms with Gasteiger partial charge in [0.05, 0.1) is 0 Å². The summed E-state index contributed by atoms with van der Waals surface area (Å²) >= 11 is 0. The molecule has 0 unspecified atom stereocenters. The Morgan fingerprint density at radius 3 is 2.04 bits per heavy atom. The lowest BCUT2D eigenvalue weighted by Crippen LogP contribution is -2.50. The predicted molar refractivity (Wildman–Crippen MR) is 94.2 cm³/mol.